The van der Waals surface area contributed by atoms with Crippen molar-refractivity contribution in [2.75, 3.05) is 16.8 Å². The molecule has 7 nitrogen and oxygen atoms in total. The van der Waals surface area contributed by atoms with Crippen molar-refractivity contribution in [1.82, 2.24) is 0 Å². The summed E-state index contributed by atoms with van der Waals surface area (Å²) in [4.78, 5) is 39.9. The van der Waals surface area contributed by atoms with Crippen LogP contribution in [-0.4, -0.2) is 29.6 Å². The minimum atomic E-state index is -0.690. The first-order chi connectivity index (χ1) is 17.9. The van der Waals surface area contributed by atoms with Crippen molar-refractivity contribution in [2.24, 2.45) is 0 Å². The fourth-order valence-corrected chi connectivity index (χ4v) is 5.04. The Balaban J connectivity index is 1.63. The molecule has 1 fully saturated rings. The average molecular weight is 516 g/mol. The number of benzene rings is 3. The number of nitrogens with zero attached hydrogens (tertiary/aromatic N) is 2. The number of rotatable bonds is 7. The van der Waals surface area contributed by atoms with Gasteiger partial charge in [-0.3, -0.25) is 14.5 Å². The van der Waals surface area contributed by atoms with Crippen LogP contribution in [0.15, 0.2) is 89.5 Å². The molecule has 0 spiro atoms. The van der Waals surface area contributed by atoms with Crippen LogP contribution in [0.1, 0.15) is 22.8 Å². The van der Waals surface area contributed by atoms with Crippen molar-refractivity contribution in [3.05, 3.63) is 106 Å². The van der Waals surface area contributed by atoms with Crippen LogP contribution in [0.5, 0.6) is 0 Å². The quantitative estimate of drug-likeness (QED) is 0.268. The summed E-state index contributed by atoms with van der Waals surface area (Å²) in [6.07, 6.45) is 0.298. The monoisotopic (exact) mass is 515 g/mol. The van der Waals surface area contributed by atoms with Gasteiger partial charge in [0.15, 0.2) is 0 Å². The molecule has 1 saturated heterocycles. The Morgan fingerprint density at radius 1 is 1.05 bits per heavy atom. The highest BCUT2D eigenvalue weighted by Crippen LogP contribution is 2.42. The van der Waals surface area contributed by atoms with Gasteiger partial charge >= 0.3 is 5.97 Å². The molecule has 2 amide bonds. The van der Waals surface area contributed by atoms with E-state index in [4.69, 9.17) is 4.74 Å². The number of thioether (sulfide) groups is 1. The van der Waals surface area contributed by atoms with Gasteiger partial charge in [0, 0.05) is 11.4 Å². The smallest absolute Gasteiger partial charge is 0.338 e. The molecule has 37 heavy (non-hydrogen) atoms. The van der Waals surface area contributed by atoms with Crippen LogP contribution in [-0.2, 0) is 20.7 Å². The summed E-state index contributed by atoms with van der Waals surface area (Å²) in [5.41, 5.74) is 1.75. The van der Waals surface area contributed by atoms with Crippen LogP contribution < -0.4 is 10.2 Å². The van der Waals surface area contributed by atoms with Gasteiger partial charge in [0.1, 0.15) is 22.5 Å². The number of ether oxygens (including phenoxy) is 1. The Labute approximate surface area is 217 Å². The molecule has 0 radical (unpaired) electrons. The molecular formula is C28H22FN3O4S. The minimum Gasteiger partial charge on any atom is -0.462 e. The van der Waals surface area contributed by atoms with Gasteiger partial charge in [-0.2, -0.15) is 5.26 Å². The van der Waals surface area contributed by atoms with Crippen LogP contribution in [0.25, 0.3) is 0 Å². The highest BCUT2D eigenvalue weighted by Gasteiger charge is 2.40. The molecule has 1 heterocycles. The Morgan fingerprint density at radius 3 is 2.35 bits per heavy atom. The first-order valence-electron chi connectivity index (χ1n) is 11.4. The van der Waals surface area contributed by atoms with Gasteiger partial charge in [-0.15, -0.1) is 0 Å². The summed E-state index contributed by atoms with van der Waals surface area (Å²) in [6.45, 7) is 1.95. The standard InChI is InChI=1S/C28H22FN3O4S/c1-2-36-28(35)19-10-14-21(15-11-19)31-25(33)23(17-30)27-32(22-6-4-3-5-7-22)26(34)24(37-27)16-18-8-12-20(29)13-9-18/h3-15,24H,2,16H2,1H3,(H,31,33)/b27-23-/t24-/m1/s1. The maximum absolute atomic E-state index is 13.5. The van der Waals surface area contributed by atoms with E-state index >= 15 is 0 Å². The van der Waals surface area contributed by atoms with E-state index in [1.807, 2.05) is 6.07 Å². The number of amides is 2. The Morgan fingerprint density at radius 2 is 1.73 bits per heavy atom. The number of para-hydroxylation sites is 1. The lowest BCUT2D eigenvalue weighted by molar-refractivity contribution is -0.117. The third-order valence-electron chi connectivity index (χ3n) is 5.51. The van der Waals surface area contributed by atoms with Crippen molar-refractivity contribution in [3.8, 4) is 6.07 Å². The van der Waals surface area contributed by atoms with Crippen molar-refractivity contribution < 1.29 is 23.5 Å². The maximum Gasteiger partial charge on any atom is 0.338 e. The number of anilines is 2. The molecule has 1 N–H and O–H groups in total. The molecule has 3 aromatic rings. The topological polar surface area (TPSA) is 99.5 Å². The maximum atomic E-state index is 13.5. The summed E-state index contributed by atoms with van der Waals surface area (Å²) < 4.78 is 18.3. The molecule has 4 rings (SSSR count). The second-order valence-corrected chi connectivity index (χ2v) is 9.18. The molecule has 186 valence electrons. The number of hydrogen-bond acceptors (Lipinski definition) is 6. The van der Waals surface area contributed by atoms with E-state index in [1.165, 1.54) is 41.3 Å². The fraction of sp³-hybridized carbons (Fsp3) is 0.143. The highest BCUT2D eigenvalue weighted by molar-refractivity contribution is 8.05. The summed E-state index contributed by atoms with van der Waals surface area (Å²) in [5, 5.41) is 12.2. The van der Waals surface area contributed by atoms with Gasteiger partial charge in [-0.1, -0.05) is 42.1 Å². The molecule has 0 aromatic heterocycles. The van der Waals surface area contributed by atoms with Gasteiger partial charge in [0.25, 0.3) is 5.91 Å². The van der Waals surface area contributed by atoms with Crippen molar-refractivity contribution in [1.29, 1.82) is 5.26 Å². The lowest BCUT2D eigenvalue weighted by Gasteiger charge is -2.18. The van der Waals surface area contributed by atoms with Gasteiger partial charge in [-0.05, 0) is 67.4 Å². The summed E-state index contributed by atoms with van der Waals surface area (Å²) in [7, 11) is 0. The van der Waals surface area contributed by atoms with E-state index in [0.29, 0.717) is 23.4 Å². The third kappa shape index (κ3) is 5.88. The molecule has 0 bridgehead atoms. The third-order valence-corrected chi connectivity index (χ3v) is 6.77. The second-order valence-electron chi connectivity index (χ2n) is 7.99. The molecule has 0 aliphatic carbocycles. The first kappa shape index (κ1) is 25.7. The number of carbonyl (C=O) groups is 3. The van der Waals surface area contributed by atoms with Crippen LogP contribution in [0.4, 0.5) is 15.8 Å². The van der Waals surface area contributed by atoms with E-state index in [-0.39, 0.29) is 28.9 Å². The van der Waals surface area contributed by atoms with E-state index in [2.05, 4.69) is 5.32 Å². The predicted octanol–water partition coefficient (Wildman–Crippen LogP) is 5.07. The predicted molar refractivity (Wildman–Crippen MR) is 139 cm³/mol. The Bertz CT molecular complexity index is 1380. The zero-order chi connectivity index (χ0) is 26.4. The number of hydrogen-bond donors (Lipinski definition) is 1. The Kier molecular flexibility index (Phi) is 8.01. The number of esters is 1. The molecule has 9 heteroatoms. The van der Waals surface area contributed by atoms with E-state index in [9.17, 15) is 24.0 Å². The highest BCUT2D eigenvalue weighted by atomic mass is 32.2. The molecule has 0 unspecified atom stereocenters. The van der Waals surface area contributed by atoms with Crippen LogP contribution in [0.2, 0.25) is 0 Å². The summed E-state index contributed by atoms with van der Waals surface area (Å²) >= 11 is 1.12. The van der Waals surface area contributed by atoms with Crippen molar-refractivity contribution >= 4 is 40.9 Å². The molecule has 0 saturated carbocycles. The minimum absolute atomic E-state index is 0.214. The van der Waals surface area contributed by atoms with E-state index in [1.54, 1.807) is 49.4 Å². The number of carbonyl (C=O) groups excluding carboxylic acids is 3. The molecule has 3 aromatic carbocycles. The van der Waals surface area contributed by atoms with Crippen LogP contribution >= 0.6 is 11.8 Å². The zero-order valence-corrected chi connectivity index (χ0v) is 20.6. The van der Waals surface area contributed by atoms with Gasteiger partial charge in [0.05, 0.1) is 17.4 Å². The number of halogens is 1. The average Bonchev–Trinajstić information content (AvgIpc) is 3.22. The largest absolute Gasteiger partial charge is 0.462 e. The van der Waals surface area contributed by atoms with E-state index < -0.39 is 17.1 Å². The van der Waals surface area contributed by atoms with Gasteiger partial charge < -0.3 is 10.1 Å². The van der Waals surface area contributed by atoms with Crippen LogP contribution in [0.3, 0.4) is 0 Å². The number of nitriles is 1. The molecule has 1 aliphatic rings. The first-order valence-corrected chi connectivity index (χ1v) is 12.3. The fourth-order valence-electron chi connectivity index (χ4n) is 3.73. The zero-order valence-electron chi connectivity index (χ0n) is 19.8. The molecule has 1 aliphatic heterocycles. The number of nitrogens with one attached hydrogen (secondary N) is 1. The van der Waals surface area contributed by atoms with Crippen molar-refractivity contribution in [3.63, 3.8) is 0 Å². The van der Waals surface area contributed by atoms with Crippen LogP contribution in [0, 0.1) is 17.1 Å². The van der Waals surface area contributed by atoms with Crippen molar-refractivity contribution in [2.45, 2.75) is 18.6 Å². The lowest BCUT2D eigenvalue weighted by atomic mass is 10.1. The lowest BCUT2D eigenvalue weighted by Crippen LogP contribution is -2.30. The van der Waals surface area contributed by atoms with E-state index in [0.717, 1.165) is 17.3 Å². The molecular weight excluding hydrogens is 493 g/mol. The summed E-state index contributed by atoms with van der Waals surface area (Å²) in [6, 6.07) is 22.7. The van der Waals surface area contributed by atoms with Gasteiger partial charge in [0.2, 0.25) is 5.91 Å². The van der Waals surface area contributed by atoms with Gasteiger partial charge in [-0.25, -0.2) is 9.18 Å². The summed E-state index contributed by atoms with van der Waals surface area (Å²) in [5.74, 6) is -1.83. The Hall–Kier alpha value is -4.42. The normalized spacial score (nSPS) is 16.2. The SMILES string of the molecule is CCOC(=O)c1ccc(NC(=O)/C(C#N)=C2\S[C@H](Cc3ccc(F)cc3)C(=O)N2c2ccccc2)cc1. The second kappa shape index (κ2) is 11.5. The molecule has 1 atom stereocenters.